The first-order valence-corrected chi connectivity index (χ1v) is 5.02. The minimum absolute atomic E-state index is 0.0724. The van der Waals surface area contributed by atoms with Gasteiger partial charge in [0.25, 0.3) is 0 Å². The highest BCUT2D eigenvalue weighted by Gasteiger charge is 2.21. The Hall–Kier alpha value is -1.14. The summed E-state index contributed by atoms with van der Waals surface area (Å²) in [6, 6.07) is 0. The fraction of sp³-hybridized carbons (Fsp3) is 0.800. The van der Waals surface area contributed by atoms with Crippen LogP contribution in [-0.2, 0) is 14.3 Å². The van der Waals surface area contributed by atoms with Crippen molar-refractivity contribution in [3.8, 4) is 0 Å². The van der Waals surface area contributed by atoms with Crippen LogP contribution >= 0.6 is 0 Å². The first-order chi connectivity index (χ1) is 7.24. The van der Waals surface area contributed by atoms with Crippen molar-refractivity contribution in [2.45, 2.75) is 38.9 Å². The molecule has 0 saturated heterocycles. The number of amides is 1. The van der Waals surface area contributed by atoms with Crippen molar-refractivity contribution in [3.63, 3.8) is 0 Å². The van der Waals surface area contributed by atoms with E-state index in [9.17, 15) is 9.59 Å². The second kappa shape index (κ2) is 6.44. The van der Waals surface area contributed by atoms with Crippen LogP contribution in [0.15, 0.2) is 0 Å². The molecule has 0 spiro atoms. The van der Waals surface area contributed by atoms with Crippen molar-refractivity contribution in [2.24, 2.45) is 0 Å². The number of aliphatic hydroxyl groups is 1. The van der Waals surface area contributed by atoms with Crippen LogP contribution in [0.1, 0.15) is 27.2 Å². The Morgan fingerprint density at radius 2 is 1.94 bits per heavy atom. The quantitative estimate of drug-likeness (QED) is 0.588. The number of carboxylic acid groups (broad SMARTS) is 1. The predicted molar refractivity (Wildman–Crippen MR) is 57.0 cm³/mol. The number of aliphatic hydroxyl groups excluding tert-OH is 1. The Bertz CT molecular complexity index is 246. The van der Waals surface area contributed by atoms with E-state index in [-0.39, 0.29) is 13.0 Å². The van der Waals surface area contributed by atoms with Gasteiger partial charge in [0.2, 0.25) is 5.91 Å². The average Bonchev–Trinajstić information content (AvgIpc) is 2.10. The summed E-state index contributed by atoms with van der Waals surface area (Å²) in [5.74, 6) is -1.54. The van der Waals surface area contributed by atoms with Crippen LogP contribution in [0.5, 0.6) is 0 Å². The normalized spacial score (nSPS) is 13.2. The molecule has 0 aromatic carbocycles. The third kappa shape index (κ3) is 8.19. The van der Waals surface area contributed by atoms with E-state index in [1.54, 1.807) is 20.8 Å². The fourth-order valence-electron chi connectivity index (χ4n) is 1.13. The molecule has 16 heavy (non-hydrogen) atoms. The first-order valence-electron chi connectivity index (χ1n) is 5.02. The predicted octanol–water partition coefficient (Wildman–Crippen LogP) is -0.247. The van der Waals surface area contributed by atoms with E-state index >= 15 is 0 Å². The SMILES string of the molecule is CC(C)(C)OC(CNC(=O)CO)CC(=O)O. The number of carbonyl (C=O) groups is 2. The lowest BCUT2D eigenvalue weighted by Gasteiger charge is -2.26. The van der Waals surface area contributed by atoms with Crippen molar-refractivity contribution >= 4 is 11.9 Å². The zero-order valence-corrected chi connectivity index (χ0v) is 9.82. The van der Waals surface area contributed by atoms with Crippen LogP contribution < -0.4 is 5.32 Å². The number of rotatable bonds is 6. The van der Waals surface area contributed by atoms with E-state index in [0.29, 0.717) is 0 Å². The van der Waals surface area contributed by atoms with Gasteiger partial charge in [0.1, 0.15) is 6.61 Å². The van der Waals surface area contributed by atoms with Crippen LogP contribution in [0, 0.1) is 0 Å². The Balaban J connectivity index is 4.21. The molecule has 0 heterocycles. The van der Waals surface area contributed by atoms with Gasteiger partial charge in [-0.1, -0.05) is 0 Å². The molecule has 0 aliphatic carbocycles. The number of carboxylic acids is 1. The van der Waals surface area contributed by atoms with Crippen molar-refractivity contribution in [1.29, 1.82) is 0 Å². The maximum atomic E-state index is 10.8. The van der Waals surface area contributed by atoms with Gasteiger partial charge in [0.15, 0.2) is 0 Å². The standard InChI is InChI=1S/C10H19NO5/c1-10(2,3)16-7(4-9(14)15)5-11-8(13)6-12/h7,12H,4-6H2,1-3H3,(H,11,13)(H,14,15). The molecule has 94 valence electrons. The van der Waals surface area contributed by atoms with E-state index in [1.165, 1.54) is 0 Å². The molecule has 3 N–H and O–H groups in total. The summed E-state index contributed by atoms with van der Waals surface area (Å²) in [6.45, 7) is 4.86. The van der Waals surface area contributed by atoms with Crippen LogP contribution in [0.25, 0.3) is 0 Å². The molecule has 0 saturated carbocycles. The van der Waals surface area contributed by atoms with E-state index in [1.807, 2.05) is 0 Å². The third-order valence-corrected chi connectivity index (χ3v) is 1.59. The molecular formula is C10H19NO5. The number of nitrogens with one attached hydrogen (secondary N) is 1. The van der Waals surface area contributed by atoms with Gasteiger partial charge in [-0.15, -0.1) is 0 Å². The lowest BCUT2D eigenvalue weighted by Crippen LogP contribution is -2.40. The van der Waals surface area contributed by atoms with Gasteiger partial charge in [-0.2, -0.15) is 0 Å². The van der Waals surface area contributed by atoms with Gasteiger partial charge >= 0.3 is 5.97 Å². The summed E-state index contributed by atoms with van der Waals surface area (Å²) in [5.41, 5.74) is -0.482. The van der Waals surface area contributed by atoms with Crippen LogP contribution in [0.3, 0.4) is 0 Å². The smallest absolute Gasteiger partial charge is 0.306 e. The topological polar surface area (TPSA) is 95.9 Å². The zero-order valence-electron chi connectivity index (χ0n) is 9.82. The number of hydrogen-bond donors (Lipinski definition) is 3. The van der Waals surface area contributed by atoms with Crippen LogP contribution in [0.2, 0.25) is 0 Å². The highest BCUT2D eigenvalue weighted by molar-refractivity contribution is 5.77. The second-order valence-electron chi connectivity index (χ2n) is 4.41. The molecule has 6 nitrogen and oxygen atoms in total. The first kappa shape index (κ1) is 14.9. The minimum Gasteiger partial charge on any atom is -0.481 e. The van der Waals surface area contributed by atoms with Gasteiger partial charge in [0.05, 0.1) is 18.1 Å². The molecule has 0 aromatic rings. The summed E-state index contributed by atoms with van der Waals surface area (Å²) in [7, 11) is 0. The lowest BCUT2D eigenvalue weighted by atomic mass is 10.1. The Morgan fingerprint density at radius 1 is 1.38 bits per heavy atom. The van der Waals surface area contributed by atoms with Crippen molar-refractivity contribution < 1.29 is 24.5 Å². The molecule has 0 bridgehead atoms. The Labute approximate surface area is 94.6 Å². The van der Waals surface area contributed by atoms with Crippen molar-refractivity contribution in [2.75, 3.05) is 13.2 Å². The molecule has 0 radical (unpaired) electrons. The molecule has 1 atom stereocenters. The van der Waals surface area contributed by atoms with E-state index in [0.717, 1.165) is 0 Å². The molecular weight excluding hydrogens is 214 g/mol. The number of carbonyl (C=O) groups excluding carboxylic acids is 1. The summed E-state index contributed by atoms with van der Waals surface area (Å²) in [5, 5.41) is 19.5. The van der Waals surface area contributed by atoms with Gasteiger partial charge < -0.3 is 20.3 Å². The maximum absolute atomic E-state index is 10.8. The molecule has 0 aliphatic heterocycles. The largest absolute Gasteiger partial charge is 0.481 e. The average molecular weight is 233 g/mol. The van der Waals surface area contributed by atoms with Gasteiger partial charge in [-0.3, -0.25) is 9.59 Å². The highest BCUT2D eigenvalue weighted by atomic mass is 16.5. The Morgan fingerprint density at radius 3 is 2.31 bits per heavy atom. The minimum atomic E-state index is -0.993. The van der Waals surface area contributed by atoms with Crippen molar-refractivity contribution in [1.82, 2.24) is 5.32 Å². The molecule has 0 aromatic heterocycles. The molecule has 0 rings (SSSR count). The van der Waals surface area contributed by atoms with Gasteiger partial charge in [-0.05, 0) is 20.8 Å². The lowest BCUT2D eigenvalue weighted by molar-refractivity contribution is -0.144. The summed E-state index contributed by atoms with van der Waals surface area (Å²) in [6.07, 6.45) is -0.795. The number of hydrogen-bond acceptors (Lipinski definition) is 4. The third-order valence-electron chi connectivity index (χ3n) is 1.59. The number of aliphatic carboxylic acids is 1. The van der Waals surface area contributed by atoms with Crippen LogP contribution in [-0.4, -0.2) is 46.9 Å². The Kier molecular flexibility index (Phi) is 5.98. The molecule has 0 fully saturated rings. The zero-order chi connectivity index (χ0) is 12.8. The fourth-order valence-corrected chi connectivity index (χ4v) is 1.13. The molecule has 1 unspecified atom stereocenters. The van der Waals surface area contributed by atoms with Gasteiger partial charge in [-0.25, -0.2) is 0 Å². The second-order valence-corrected chi connectivity index (χ2v) is 4.41. The monoisotopic (exact) mass is 233 g/mol. The van der Waals surface area contributed by atoms with Gasteiger partial charge in [0, 0.05) is 6.54 Å². The summed E-state index contributed by atoms with van der Waals surface area (Å²) < 4.78 is 5.47. The van der Waals surface area contributed by atoms with E-state index in [4.69, 9.17) is 14.9 Å². The summed E-state index contributed by atoms with van der Waals surface area (Å²) in [4.78, 5) is 21.4. The number of ether oxygens (including phenoxy) is 1. The molecule has 1 amide bonds. The molecule has 0 aliphatic rings. The van der Waals surface area contributed by atoms with Crippen LogP contribution in [0.4, 0.5) is 0 Å². The van der Waals surface area contributed by atoms with Crippen molar-refractivity contribution in [3.05, 3.63) is 0 Å². The summed E-state index contributed by atoms with van der Waals surface area (Å²) >= 11 is 0. The van der Waals surface area contributed by atoms with E-state index < -0.39 is 30.2 Å². The van der Waals surface area contributed by atoms with E-state index in [2.05, 4.69) is 5.32 Å². The highest BCUT2D eigenvalue weighted by Crippen LogP contribution is 2.12. The maximum Gasteiger partial charge on any atom is 0.306 e. The molecule has 6 heteroatoms.